The van der Waals surface area contributed by atoms with Crippen LogP contribution in [0.2, 0.25) is 11.1 Å². The normalized spacial score (nSPS) is 13.3. The van der Waals surface area contributed by atoms with E-state index in [1.54, 1.807) is 0 Å². The van der Waals surface area contributed by atoms with Crippen LogP contribution in [0.4, 0.5) is 0 Å². The second-order valence-corrected chi connectivity index (χ2v) is 8.70. The Kier molecular flexibility index (Phi) is 4.39. The lowest BCUT2D eigenvalue weighted by molar-refractivity contribution is 0.382. The molecule has 0 spiro atoms. The van der Waals surface area contributed by atoms with E-state index in [-0.39, 0.29) is 11.1 Å². The van der Waals surface area contributed by atoms with Gasteiger partial charge in [0.2, 0.25) is 9.04 Å². The van der Waals surface area contributed by atoms with Crippen LogP contribution in [-0.2, 0) is 14.3 Å². The van der Waals surface area contributed by atoms with Crippen molar-refractivity contribution in [2.45, 2.75) is 38.8 Å². The molecule has 0 aromatic heterocycles. The molecule has 0 aliphatic carbocycles. The molecule has 0 aromatic carbocycles. The molecule has 0 radical (unpaired) electrons. The van der Waals surface area contributed by atoms with Crippen LogP contribution < -0.4 is 0 Å². The minimum atomic E-state index is -4.25. The third-order valence-corrected chi connectivity index (χ3v) is 6.04. The van der Waals surface area contributed by atoms with Crippen molar-refractivity contribution in [1.29, 1.82) is 0 Å². The molecule has 0 bridgehead atoms. The number of hydrogen-bond donors (Lipinski definition) is 1. The molecule has 0 amide bonds. The largest absolute Gasteiger partial charge is 0.387 e. The average Bonchev–Trinajstić information content (AvgIpc) is 1.79. The van der Waals surface area contributed by atoms with Crippen molar-refractivity contribution < 1.29 is 16.8 Å². The fourth-order valence-electron chi connectivity index (χ4n) is 1.13. The maximum Gasteiger partial charge on any atom is 0.387 e. The van der Waals surface area contributed by atoms with E-state index >= 15 is 0 Å². The predicted octanol–water partition coefficient (Wildman–Crippen LogP) is 1.35. The van der Waals surface area contributed by atoms with Crippen molar-refractivity contribution in [3.8, 4) is 0 Å². The van der Waals surface area contributed by atoms with Gasteiger partial charge in [-0.2, -0.15) is 8.42 Å². The second-order valence-electron chi connectivity index (χ2n) is 3.48. The van der Waals surface area contributed by atoms with Crippen molar-refractivity contribution in [3.63, 3.8) is 0 Å². The summed E-state index contributed by atoms with van der Waals surface area (Å²) in [5.41, 5.74) is 0.402. The van der Waals surface area contributed by atoms with Crippen LogP contribution >= 0.6 is 0 Å². The third kappa shape index (κ3) is 4.86. The molecule has 0 saturated heterocycles. The summed E-state index contributed by atoms with van der Waals surface area (Å²) in [6.45, 7) is 7.62. The van der Waals surface area contributed by atoms with Gasteiger partial charge in [-0.05, 0) is 11.1 Å². The molecule has 0 unspecified atom stereocenters. The smallest absolute Gasteiger partial charge is 0.297 e. The zero-order valence-electron chi connectivity index (χ0n) is 7.81. The lowest BCUT2D eigenvalue weighted by Crippen LogP contribution is -2.28. The molecule has 0 saturated carbocycles. The van der Waals surface area contributed by atoms with Gasteiger partial charge in [-0.3, -0.25) is 8.42 Å². The molecule has 6 heteroatoms. The molecule has 0 heterocycles. The summed E-state index contributed by atoms with van der Waals surface area (Å²) in [5, 5.41) is 0. The molecule has 1 N–H and O–H groups in total. The number of hydrogen-bond acceptors (Lipinski definition) is 3. The zero-order chi connectivity index (χ0) is 9.94. The van der Waals surface area contributed by atoms with Gasteiger partial charge in [0.15, 0.2) is 0 Å². The highest BCUT2D eigenvalue weighted by Gasteiger charge is 2.26. The third-order valence-electron chi connectivity index (χ3n) is 1.55. The van der Waals surface area contributed by atoms with E-state index in [0.29, 0.717) is 0 Å². The molecule has 74 valence electrons. The Bertz CT molecular complexity index is 214. The summed E-state index contributed by atoms with van der Waals surface area (Å²) in [5.74, 6) is 0. The van der Waals surface area contributed by atoms with Crippen molar-refractivity contribution in [2.24, 2.45) is 0 Å². The Hall–Kier alpha value is 0.0869. The van der Waals surface area contributed by atoms with E-state index in [1.807, 2.05) is 27.7 Å². The van der Waals surface area contributed by atoms with E-state index in [1.165, 1.54) is 0 Å². The maximum atomic E-state index is 10.4. The molecule has 0 rings (SSSR count). The minimum Gasteiger partial charge on any atom is -0.297 e. The SMILES string of the molecule is CC(C)[SiH](OS(=O)(=O)O)C(C)C. The maximum absolute atomic E-state index is 10.4. The van der Waals surface area contributed by atoms with Crippen LogP contribution in [0.1, 0.15) is 27.7 Å². The van der Waals surface area contributed by atoms with E-state index in [0.717, 1.165) is 0 Å². The molecule has 0 aliphatic rings. The minimum absolute atomic E-state index is 0.201. The molecule has 12 heavy (non-hydrogen) atoms. The number of rotatable bonds is 4. The highest BCUT2D eigenvalue weighted by molar-refractivity contribution is 7.81. The zero-order valence-corrected chi connectivity index (χ0v) is 9.78. The summed E-state index contributed by atoms with van der Waals surface area (Å²) >= 11 is 0. The summed E-state index contributed by atoms with van der Waals surface area (Å²) < 4.78 is 33.9. The summed E-state index contributed by atoms with van der Waals surface area (Å²) in [6.07, 6.45) is 0. The van der Waals surface area contributed by atoms with Crippen LogP contribution in [0.15, 0.2) is 0 Å². The summed E-state index contributed by atoms with van der Waals surface area (Å²) in [6, 6.07) is 0. The van der Waals surface area contributed by atoms with Crippen molar-refractivity contribution in [1.82, 2.24) is 0 Å². The Balaban J connectivity index is 4.35. The van der Waals surface area contributed by atoms with Gasteiger partial charge in [-0.15, -0.1) is 0 Å². The first kappa shape index (κ1) is 12.1. The van der Waals surface area contributed by atoms with Crippen LogP contribution in [0.25, 0.3) is 0 Å². The highest BCUT2D eigenvalue weighted by Crippen LogP contribution is 2.21. The van der Waals surface area contributed by atoms with Crippen LogP contribution in [-0.4, -0.2) is 22.0 Å². The topological polar surface area (TPSA) is 63.6 Å². The first-order valence-electron chi connectivity index (χ1n) is 3.89. The monoisotopic (exact) mass is 212 g/mol. The lowest BCUT2D eigenvalue weighted by atomic mass is 10.5. The standard InChI is InChI=1S/C6H16O4SSi/c1-5(2)12(6(3)4)10-11(7,8)9/h5-6,12H,1-4H3,(H,7,8,9). The van der Waals surface area contributed by atoms with E-state index in [9.17, 15) is 8.42 Å². The van der Waals surface area contributed by atoms with Crippen molar-refractivity contribution >= 4 is 19.4 Å². The van der Waals surface area contributed by atoms with Crippen LogP contribution in [0.5, 0.6) is 0 Å². The van der Waals surface area contributed by atoms with Gasteiger partial charge in [0.05, 0.1) is 0 Å². The van der Waals surface area contributed by atoms with Gasteiger partial charge in [0.1, 0.15) is 0 Å². The van der Waals surface area contributed by atoms with E-state index in [2.05, 4.69) is 3.87 Å². The molecule has 0 aromatic rings. The fourth-order valence-corrected chi connectivity index (χ4v) is 5.57. The van der Waals surface area contributed by atoms with Gasteiger partial charge < -0.3 is 0 Å². The molecule has 0 atom stereocenters. The van der Waals surface area contributed by atoms with Gasteiger partial charge in [0.25, 0.3) is 0 Å². The highest BCUT2D eigenvalue weighted by atomic mass is 32.3. The molecule has 0 aliphatic heterocycles. The van der Waals surface area contributed by atoms with Crippen molar-refractivity contribution in [2.75, 3.05) is 0 Å². The Labute approximate surface area is 75.6 Å². The van der Waals surface area contributed by atoms with E-state index < -0.39 is 19.4 Å². The second kappa shape index (κ2) is 4.36. The molecular formula is C6H16O4SSi. The Morgan fingerprint density at radius 2 is 1.50 bits per heavy atom. The summed E-state index contributed by atoms with van der Waals surface area (Å²) in [7, 11) is -6.10. The van der Waals surface area contributed by atoms with Gasteiger partial charge in [0, 0.05) is 0 Å². The molecular weight excluding hydrogens is 196 g/mol. The lowest BCUT2D eigenvalue weighted by Gasteiger charge is -2.20. The molecule has 4 nitrogen and oxygen atoms in total. The van der Waals surface area contributed by atoms with Crippen LogP contribution in [0, 0.1) is 0 Å². The van der Waals surface area contributed by atoms with Crippen LogP contribution in [0.3, 0.4) is 0 Å². The first-order valence-corrected chi connectivity index (χ1v) is 7.06. The predicted molar refractivity (Wildman–Crippen MR) is 50.0 cm³/mol. The molecule has 0 fully saturated rings. The van der Waals surface area contributed by atoms with Gasteiger partial charge >= 0.3 is 10.4 Å². The van der Waals surface area contributed by atoms with Crippen molar-refractivity contribution in [3.05, 3.63) is 0 Å². The van der Waals surface area contributed by atoms with E-state index in [4.69, 9.17) is 4.55 Å². The van der Waals surface area contributed by atoms with Gasteiger partial charge in [-0.1, -0.05) is 27.7 Å². The quantitative estimate of drug-likeness (QED) is 0.564. The van der Waals surface area contributed by atoms with Gasteiger partial charge in [-0.25, -0.2) is 0 Å². The Morgan fingerprint density at radius 3 is 1.58 bits per heavy atom. The summed E-state index contributed by atoms with van der Waals surface area (Å²) in [4.78, 5) is 0. The first-order chi connectivity index (χ1) is 5.24. The Morgan fingerprint density at radius 1 is 1.17 bits per heavy atom. The fraction of sp³-hybridized carbons (Fsp3) is 1.00. The average molecular weight is 212 g/mol.